The highest BCUT2D eigenvalue weighted by molar-refractivity contribution is 6.16. The van der Waals surface area contributed by atoms with Crippen molar-refractivity contribution in [3.63, 3.8) is 0 Å². The van der Waals surface area contributed by atoms with Gasteiger partial charge in [0.05, 0.1) is 17.0 Å². The molecule has 2 aromatic heterocycles. The van der Waals surface area contributed by atoms with Crippen molar-refractivity contribution in [2.24, 2.45) is 0 Å². The summed E-state index contributed by atoms with van der Waals surface area (Å²) in [4.78, 5) is 11.7. The first kappa shape index (κ1) is 14.7. The van der Waals surface area contributed by atoms with Crippen LogP contribution in [0.25, 0.3) is 10.9 Å². The van der Waals surface area contributed by atoms with Gasteiger partial charge in [-0.05, 0) is 25.0 Å². The van der Waals surface area contributed by atoms with E-state index in [1.54, 1.807) is 0 Å². The Morgan fingerprint density at radius 2 is 2.00 bits per heavy atom. The molecule has 0 amide bonds. The van der Waals surface area contributed by atoms with E-state index in [1.807, 2.05) is 30.3 Å². The van der Waals surface area contributed by atoms with E-state index in [1.165, 1.54) is 19.2 Å². The van der Waals surface area contributed by atoms with Crippen LogP contribution in [0.2, 0.25) is 0 Å². The molecule has 24 heavy (non-hydrogen) atoms. The maximum absolute atomic E-state index is 8.63. The third kappa shape index (κ3) is 2.60. The maximum atomic E-state index is 8.63. The summed E-state index contributed by atoms with van der Waals surface area (Å²) in [5.74, 6) is 0.979. The molecule has 3 aromatic rings. The van der Waals surface area contributed by atoms with Crippen molar-refractivity contribution in [1.82, 2.24) is 15.0 Å². The Hall–Kier alpha value is -2.89. The van der Waals surface area contributed by atoms with Gasteiger partial charge in [0.1, 0.15) is 18.0 Å². The van der Waals surface area contributed by atoms with E-state index in [-0.39, 0.29) is 0 Å². The van der Waals surface area contributed by atoms with Crippen LogP contribution in [0, 0.1) is 5.41 Å². The standard InChI is InChI=1S/C18H20N6/c19-16(14-9-11-5-1-4-8-13(11)24-14)15-17(20)21-10-22-18(15)23-12-6-2-3-7-12/h1,4-5,8-10,12,19,24H,2-3,6-7H2,(H3,20,21,22,23). The van der Waals surface area contributed by atoms with E-state index in [9.17, 15) is 0 Å². The van der Waals surface area contributed by atoms with Gasteiger partial charge in [-0.15, -0.1) is 0 Å². The molecule has 0 atom stereocenters. The van der Waals surface area contributed by atoms with Crippen molar-refractivity contribution >= 4 is 28.3 Å². The third-order valence-electron chi connectivity index (χ3n) is 4.62. The maximum Gasteiger partial charge on any atom is 0.141 e. The van der Waals surface area contributed by atoms with Gasteiger partial charge in [0.25, 0.3) is 0 Å². The van der Waals surface area contributed by atoms with Crippen LogP contribution < -0.4 is 11.1 Å². The first-order valence-corrected chi connectivity index (χ1v) is 8.26. The summed E-state index contributed by atoms with van der Waals surface area (Å²) < 4.78 is 0. The number of fused-ring (bicyclic) bond motifs is 1. The molecule has 0 unspecified atom stereocenters. The number of hydrogen-bond acceptors (Lipinski definition) is 5. The number of para-hydroxylation sites is 1. The number of nitrogens with zero attached hydrogens (tertiary/aromatic N) is 2. The summed E-state index contributed by atoms with van der Waals surface area (Å²) in [5.41, 5.74) is 8.67. The minimum absolute atomic E-state index is 0.310. The average molecular weight is 320 g/mol. The molecule has 0 bridgehead atoms. The molecule has 122 valence electrons. The van der Waals surface area contributed by atoms with Crippen LogP contribution in [0.4, 0.5) is 11.6 Å². The monoisotopic (exact) mass is 320 g/mol. The molecular formula is C18H20N6. The highest BCUT2D eigenvalue weighted by atomic mass is 15.1. The van der Waals surface area contributed by atoms with Gasteiger partial charge in [-0.1, -0.05) is 31.0 Å². The molecule has 1 fully saturated rings. The second kappa shape index (κ2) is 5.96. The number of H-pyrrole nitrogens is 1. The highest BCUT2D eigenvalue weighted by Crippen LogP contribution is 2.27. The molecule has 1 aromatic carbocycles. The van der Waals surface area contributed by atoms with Crippen LogP contribution in [0.1, 0.15) is 36.9 Å². The smallest absolute Gasteiger partial charge is 0.141 e. The molecule has 0 spiro atoms. The lowest BCUT2D eigenvalue weighted by Gasteiger charge is -2.17. The number of rotatable bonds is 4. The first-order valence-electron chi connectivity index (χ1n) is 8.26. The molecule has 6 heteroatoms. The Morgan fingerprint density at radius 1 is 1.21 bits per heavy atom. The molecule has 1 saturated carbocycles. The van der Waals surface area contributed by atoms with Gasteiger partial charge in [-0.3, -0.25) is 5.41 Å². The fraction of sp³-hybridized carbons (Fsp3) is 0.278. The molecule has 4 rings (SSSR count). The third-order valence-corrected chi connectivity index (χ3v) is 4.62. The van der Waals surface area contributed by atoms with Gasteiger partial charge in [0.15, 0.2) is 0 Å². The minimum Gasteiger partial charge on any atom is -0.383 e. The van der Waals surface area contributed by atoms with Crippen molar-refractivity contribution in [3.05, 3.63) is 47.9 Å². The topological polar surface area (TPSA) is 103 Å². The van der Waals surface area contributed by atoms with Crippen LogP contribution in [-0.2, 0) is 0 Å². The van der Waals surface area contributed by atoms with Crippen LogP contribution >= 0.6 is 0 Å². The second-order valence-corrected chi connectivity index (χ2v) is 6.25. The SMILES string of the molecule is N=C(c1cc2ccccc2[nH]1)c1c(N)ncnc1NC1CCCC1. The molecule has 0 aliphatic heterocycles. The fourth-order valence-corrected chi connectivity index (χ4v) is 3.36. The summed E-state index contributed by atoms with van der Waals surface area (Å²) in [5, 5.41) is 13.1. The number of aromatic nitrogens is 3. The van der Waals surface area contributed by atoms with Crippen LogP contribution in [0.15, 0.2) is 36.7 Å². The molecule has 1 aliphatic rings. The van der Waals surface area contributed by atoms with Crippen LogP contribution in [0.3, 0.4) is 0 Å². The van der Waals surface area contributed by atoms with E-state index in [2.05, 4.69) is 20.3 Å². The predicted molar refractivity (Wildman–Crippen MR) is 96.6 cm³/mol. The number of nitrogens with one attached hydrogen (secondary N) is 3. The number of aromatic amines is 1. The van der Waals surface area contributed by atoms with Gasteiger partial charge in [0.2, 0.25) is 0 Å². The minimum atomic E-state index is 0.310. The molecule has 1 aliphatic carbocycles. The van der Waals surface area contributed by atoms with Gasteiger partial charge < -0.3 is 16.0 Å². The number of hydrogen-bond donors (Lipinski definition) is 4. The number of anilines is 2. The van der Waals surface area contributed by atoms with Gasteiger partial charge in [-0.2, -0.15) is 0 Å². The summed E-state index contributed by atoms with van der Waals surface area (Å²) in [6.07, 6.45) is 6.17. The largest absolute Gasteiger partial charge is 0.383 e. The Kier molecular flexibility index (Phi) is 3.65. The Balaban J connectivity index is 1.72. The zero-order chi connectivity index (χ0) is 16.5. The van der Waals surface area contributed by atoms with Crippen molar-refractivity contribution in [2.75, 3.05) is 11.1 Å². The van der Waals surface area contributed by atoms with Crippen molar-refractivity contribution in [2.45, 2.75) is 31.7 Å². The summed E-state index contributed by atoms with van der Waals surface area (Å²) in [6.45, 7) is 0. The lowest BCUT2D eigenvalue weighted by Crippen LogP contribution is -2.20. The van der Waals surface area contributed by atoms with Gasteiger partial charge >= 0.3 is 0 Å². The molecule has 0 radical (unpaired) electrons. The predicted octanol–water partition coefficient (Wildman–Crippen LogP) is 3.31. The van der Waals surface area contributed by atoms with E-state index in [0.717, 1.165) is 23.7 Å². The summed E-state index contributed by atoms with van der Waals surface area (Å²) in [6, 6.07) is 10.3. The Labute approximate surface area is 140 Å². The van der Waals surface area contributed by atoms with Crippen molar-refractivity contribution in [1.29, 1.82) is 5.41 Å². The van der Waals surface area contributed by atoms with E-state index in [4.69, 9.17) is 11.1 Å². The quantitative estimate of drug-likeness (QED) is 0.554. The molecular weight excluding hydrogens is 300 g/mol. The second-order valence-electron chi connectivity index (χ2n) is 6.25. The van der Waals surface area contributed by atoms with Crippen LogP contribution in [-0.4, -0.2) is 26.7 Å². The number of nitrogen functional groups attached to an aromatic ring is 1. The number of benzene rings is 1. The zero-order valence-corrected chi connectivity index (χ0v) is 13.3. The Bertz CT molecular complexity index is 858. The van der Waals surface area contributed by atoms with E-state index in [0.29, 0.717) is 34.6 Å². The summed E-state index contributed by atoms with van der Waals surface area (Å²) in [7, 11) is 0. The van der Waals surface area contributed by atoms with Gasteiger partial charge in [0, 0.05) is 16.9 Å². The van der Waals surface area contributed by atoms with Crippen LogP contribution in [0.5, 0.6) is 0 Å². The van der Waals surface area contributed by atoms with Gasteiger partial charge in [-0.25, -0.2) is 9.97 Å². The molecule has 0 saturated heterocycles. The van der Waals surface area contributed by atoms with Crippen molar-refractivity contribution < 1.29 is 0 Å². The molecule has 5 N–H and O–H groups in total. The number of nitrogens with two attached hydrogens (primary N) is 1. The van der Waals surface area contributed by atoms with E-state index < -0.39 is 0 Å². The summed E-state index contributed by atoms with van der Waals surface area (Å²) >= 11 is 0. The fourth-order valence-electron chi connectivity index (χ4n) is 3.36. The lowest BCUT2D eigenvalue weighted by molar-refractivity contribution is 0.749. The Morgan fingerprint density at radius 3 is 2.79 bits per heavy atom. The normalized spacial score (nSPS) is 15.0. The van der Waals surface area contributed by atoms with Crippen molar-refractivity contribution in [3.8, 4) is 0 Å². The first-order chi connectivity index (χ1) is 11.7. The molecule has 2 heterocycles. The molecule has 6 nitrogen and oxygen atoms in total. The highest BCUT2D eigenvalue weighted by Gasteiger charge is 2.21. The van der Waals surface area contributed by atoms with E-state index >= 15 is 0 Å². The lowest BCUT2D eigenvalue weighted by atomic mass is 10.1. The average Bonchev–Trinajstić information content (AvgIpc) is 3.23. The zero-order valence-electron chi connectivity index (χ0n) is 13.3.